The Balaban J connectivity index is 2.45. The maximum absolute atomic E-state index is 11.1. The molecule has 0 aliphatic rings. The molecule has 20 heavy (non-hydrogen) atoms. The van der Waals surface area contributed by atoms with Crippen molar-refractivity contribution >= 4 is 17.1 Å². The summed E-state index contributed by atoms with van der Waals surface area (Å²) in [6.45, 7) is 4.23. The summed E-state index contributed by atoms with van der Waals surface area (Å²) in [5.74, 6) is 0. The Kier molecular flexibility index (Phi) is 7.42. The van der Waals surface area contributed by atoms with E-state index in [0.717, 1.165) is 25.9 Å². The number of para-hydroxylation sites is 1. The zero-order valence-corrected chi connectivity index (χ0v) is 12.1. The third kappa shape index (κ3) is 5.05. The van der Waals surface area contributed by atoms with E-state index in [9.17, 15) is 10.1 Å². The summed E-state index contributed by atoms with van der Waals surface area (Å²) < 4.78 is 5.45. The Morgan fingerprint density at radius 3 is 2.60 bits per heavy atom. The molecular formula is C14H23N3O3. The van der Waals surface area contributed by atoms with Crippen molar-refractivity contribution in [3.63, 3.8) is 0 Å². The first kappa shape index (κ1) is 16.2. The van der Waals surface area contributed by atoms with Crippen LogP contribution in [0.25, 0.3) is 0 Å². The van der Waals surface area contributed by atoms with Gasteiger partial charge in [0.05, 0.1) is 4.92 Å². The molecule has 0 heterocycles. The molecule has 1 aromatic carbocycles. The number of nitrogens with one attached hydrogen (secondary N) is 2. The molecule has 0 spiro atoms. The van der Waals surface area contributed by atoms with Crippen LogP contribution in [0.15, 0.2) is 18.2 Å². The standard InChI is InChI=1S/C14H23N3O3/c1-3-4-10-20-11-6-9-16-13-8-5-7-12(15-2)14(13)17(18)19/h5,7-8,15-16H,3-4,6,9-11H2,1-2H3. The van der Waals surface area contributed by atoms with Crippen LogP contribution in [0.4, 0.5) is 17.1 Å². The largest absolute Gasteiger partial charge is 0.382 e. The first-order valence-electron chi connectivity index (χ1n) is 6.97. The lowest BCUT2D eigenvalue weighted by Crippen LogP contribution is -2.08. The van der Waals surface area contributed by atoms with Gasteiger partial charge >= 0.3 is 5.69 Å². The van der Waals surface area contributed by atoms with Crippen LogP contribution >= 0.6 is 0 Å². The molecule has 0 fully saturated rings. The number of ether oxygens (including phenoxy) is 1. The third-order valence-electron chi connectivity index (χ3n) is 2.91. The fourth-order valence-electron chi connectivity index (χ4n) is 1.83. The molecule has 0 saturated carbocycles. The van der Waals surface area contributed by atoms with E-state index in [4.69, 9.17) is 4.74 Å². The Morgan fingerprint density at radius 2 is 1.95 bits per heavy atom. The summed E-state index contributed by atoms with van der Waals surface area (Å²) in [6, 6.07) is 5.20. The van der Waals surface area contributed by atoms with Gasteiger partial charge in [0.25, 0.3) is 0 Å². The molecule has 0 radical (unpaired) electrons. The molecule has 0 saturated heterocycles. The zero-order chi connectivity index (χ0) is 14.8. The van der Waals surface area contributed by atoms with Gasteiger partial charge < -0.3 is 15.4 Å². The summed E-state index contributed by atoms with van der Waals surface area (Å²) in [5.41, 5.74) is 1.14. The van der Waals surface area contributed by atoms with Crippen molar-refractivity contribution in [2.24, 2.45) is 0 Å². The quantitative estimate of drug-likeness (QED) is 0.391. The molecule has 6 nitrogen and oxygen atoms in total. The van der Waals surface area contributed by atoms with Crippen molar-refractivity contribution in [1.82, 2.24) is 0 Å². The highest BCUT2D eigenvalue weighted by atomic mass is 16.6. The lowest BCUT2D eigenvalue weighted by molar-refractivity contribution is -0.383. The van der Waals surface area contributed by atoms with Gasteiger partial charge in [0.2, 0.25) is 0 Å². The lowest BCUT2D eigenvalue weighted by Gasteiger charge is -2.10. The SMILES string of the molecule is CCCCOCCCNc1cccc(NC)c1[N+](=O)[O-]. The number of nitro benzene ring substituents is 1. The highest BCUT2D eigenvalue weighted by molar-refractivity contribution is 5.75. The molecule has 0 unspecified atom stereocenters. The van der Waals surface area contributed by atoms with Crippen LogP contribution in [0.5, 0.6) is 0 Å². The summed E-state index contributed by atoms with van der Waals surface area (Å²) in [4.78, 5) is 10.7. The number of nitrogens with zero attached hydrogens (tertiary/aromatic N) is 1. The van der Waals surface area contributed by atoms with Crippen LogP contribution in [-0.2, 0) is 4.74 Å². The van der Waals surface area contributed by atoms with Gasteiger partial charge in [0, 0.05) is 26.8 Å². The van der Waals surface area contributed by atoms with Gasteiger partial charge in [-0.1, -0.05) is 19.4 Å². The molecule has 1 rings (SSSR count). The molecule has 6 heteroatoms. The minimum atomic E-state index is -0.369. The maximum Gasteiger partial charge on any atom is 0.315 e. The normalized spacial score (nSPS) is 10.3. The van der Waals surface area contributed by atoms with Gasteiger partial charge in [-0.3, -0.25) is 10.1 Å². The van der Waals surface area contributed by atoms with Gasteiger partial charge in [0.1, 0.15) is 11.4 Å². The van der Waals surface area contributed by atoms with E-state index in [1.54, 1.807) is 25.2 Å². The van der Waals surface area contributed by atoms with Crippen LogP contribution < -0.4 is 10.6 Å². The molecular weight excluding hydrogens is 258 g/mol. The van der Waals surface area contributed by atoms with Gasteiger partial charge in [-0.25, -0.2) is 0 Å². The van der Waals surface area contributed by atoms with Gasteiger partial charge in [-0.2, -0.15) is 0 Å². The molecule has 0 aliphatic heterocycles. The predicted molar refractivity (Wildman–Crippen MR) is 81.5 cm³/mol. The second-order valence-corrected chi connectivity index (χ2v) is 4.46. The number of rotatable bonds is 10. The molecule has 0 atom stereocenters. The third-order valence-corrected chi connectivity index (χ3v) is 2.91. The van der Waals surface area contributed by atoms with Crippen LogP contribution in [0.1, 0.15) is 26.2 Å². The van der Waals surface area contributed by atoms with E-state index >= 15 is 0 Å². The number of hydrogen-bond donors (Lipinski definition) is 2. The Hall–Kier alpha value is -1.82. The first-order valence-corrected chi connectivity index (χ1v) is 6.97. The predicted octanol–water partition coefficient (Wildman–Crippen LogP) is 3.26. The van der Waals surface area contributed by atoms with E-state index in [1.807, 2.05) is 0 Å². The second-order valence-electron chi connectivity index (χ2n) is 4.46. The number of benzene rings is 1. The molecule has 112 valence electrons. The van der Waals surface area contributed by atoms with Crippen molar-refractivity contribution in [3.05, 3.63) is 28.3 Å². The number of unbranched alkanes of at least 4 members (excludes halogenated alkanes) is 1. The number of nitro groups is 1. The average molecular weight is 281 g/mol. The first-order chi connectivity index (χ1) is 9.70. The monoisotopic (exact) mass is 281 g/mol. The smallest absolute Gasteiger partial charge is 0.315 e. The minimum absolute atomic E-state index is 0.0851. The van der Waals surface area contributed by atoms with Crippen molar-refractivity contribution in [1.29, 1.82) is 0 Å². The van der Waals surface area contributed by atoms with E-state index < -0.39 is 0 Å². The fourth-order valence-corrected chi connectivity index (χ4v) is 1.83. The molecule has 1 aromatic rings. The van der Waals surface area contributed by atoms with E-state index in [2.05, 4.69) is 17.6 Å². The van der Waals surface area contributed by atoms with Gasteiger partial charge in [-0.15, -0.1) is 0 Å². The number of hydrogen-bond acceptors (Lipinski definition) is 5. The van der Waals surface area contributed by atoms with Gasteiger partial charge in [-0.05, 0) is 25.0 Å². The number of anilines is 2. The molecule has 0 bridgehead atoms. The highest BCUT2D eigenvalue weighted by Crippen LogP contribution is 2.32. The highest BCUT2D eigenvalue weighted by Gasteiger charge is 2.18. The maximum atomic E-state index is 11.1. The van der Waals surface area contributed by atoms with Crippen LogP contribution in [0.2, 0.25) is 0 Å². The lowest BCUT2D eigenvalue weighted by atomic mass is 10.2. The Labute approximate surface area is 119 Å². The molecule has 2 N–H and O–H groups in total. The van der Waals surface area contributed by atoms with E-state index in [-0.39, 0.29) is 10.6 Å². The summed E-state index contributed by atoms with van der Waals surface area (Å²) >= 11 is 0. The van der Waals surface area contributed by atoms with Crippen molar-refractivity contribution in [2.75, 3.05) is 37.4 Å². The minimum Gasteiger partial charge on any atom is -0.382 e. The molecule has 0 aromatic heterocycles. The van der Waals surface area contributed by atoms with Gasteiger partial charge in [0.15, 0.2) is 0 Å². The molecule has 0 amide bonds. The Bertz CT molecular complexity index is 424. The summed E-state index contributed by atoms with van der Waals surface area (Å²) in [5, 5.41) is 17.0. The average Bonchev–Trinajstić information content (AvgIpc) is 2.45. The van der Waals surface area contributed by atoms with Crippen LogP contribution in [-0.4, -0.2) is 31.7 Å². The van der Waals surface area contributed by atoms with Crippen LogP contribution in [0, 0.1) is 10.1 Å². The van der Waals surface area contributed by atoms with E-state index in [0.29, 0.717) is 24.5 Å². The zero-order valence-electron chi connectivity index (χ0n) is 12.1. The fraction of sp³-hybridized carbons (Fsp3) is 0.571. The van der Waals surface area contributed by atoms with E-state index in [1.165, 1.54) is 0 Å². The van der Waals surface area contributed by atoms with Crippen molar-refractivity contribution in [2.45, 2.75) is 26.2 Å². The van der Waals surface area contributed by atoms with Crippen molar-refractivity contribution in [3.8, 4) is 0 Å². The summed E-state index contributed by atoms with van der Waals surface area (Å²) in [6.07, 6.45) is 3.02. The second kappa shape index (κ2) is 9.14. The topological polar surface area (TPSA) is 76.4 Å². The molecule has 0 aliphatic carbocycles. The summed E-state index contributed by atoms with van der Waals surface area (Å²) in [7, 11) is 1.67. The Morgan fingerprint density at radius 1 is 1.25 bits per heavy atom. The van der Waals surface area contributed by atoms with Crippen LogP contribution in [0.3, 0.4) is 0 Å². The van der Waals surface area contributed by atoms with Crippen molar-refractivity contribution < 1.29 is 9.66 Å².